The van der Waals surface area contributed by atoms with Crippen molar-refractivity contribution in [3.05, 3.63) is 48.2 Å². The van der Waals surface area contributed by atoms with Crippen molar-refractivity contribution in [1.29, 1.82) is 0 Å². The normalized spacial score (nSPS) is 11.8. The molecular weight excluding hydrogens is 368 g/mol. The third-order valence-electron chi connectivity index (χ3n) is 4.16. The number of nitrogens with one attached hydrogen (secondary N) is 2. The summed E-state index contributed by atoms with van der Waals surface area (Å²) in [5, 5.41) is 6.54. The second-order valence-electron chi connectivity index (χ2n) is 7.00. The Hall–Kier alpha value is -2.80. The van der Waals surface area contributed by atoms with Crippen molar-refractivity contribution >= 4 is 5.96 Å². The van der Waals surface area contributed by atoms with Crippen LogP contribution in [0.1, 0.15) is 33.3 Å². The van der Waals surface area contributed by atoms with Gasteiger partial charge in [0.1, 0.15) is 0 Å². The number of guanidine groups is 1. The van der Waals surface area contributed by atoms with E-state index < -0.39 is 0 Å². The van der Waals surface area contributed by atoms with Gasteiger partial charge in [0.05, 0.1) is 18.8 Å². The summed E-state index contributed by atoms with van der Waals surface area (Å²) >= 11 is 0. The zero-order valence-corrected chi connectivity index (χ0v) is 18.0. The Morgan fingerprint density at radius 1 is 1.07 bits per heavy atom. The van der Waals surface area contributed by atoms with Gasteiger partial charge in [-0.3, -0.25) is 0 Å². The summed E-state index contributed by atoms with van der Waals surface area (Å²) in [6.07, 6.45) is 1.77. The molecule has 158 valence electrons. The number of ether oxygens (including phenoxy) is 3. The zero-order valence-electron chi connectivity index (χ0n) is 18.0. The molecule has 1 heterocycles. The Bertz CT molecular complexity index is 776. The standard InChI is InChI=1S/C22H32N4O3/c1-6-23-21(26-16-22(3,4)27-5)25-15-17-12-13-20(24-14-17)29-19-11-9-8-10-18(19)28-7-2/h8-14H,6-7,15-16H2,1-5H3,(H2,23,25,26). The first kappa shape index (κ1) is 22.5. The molecule has 7 nitrogen and oxygen atoms in total. The molecule has 0 saturated heterocycles. The summed E-state index contributed by atoms with van der Waals surface area (Å²) in [4.78, 5) is 9.00. The average Bonchev–Trinajstić information content (AvgIpc) is 2.73. The maximum Gasteiger partial charge on any atom is 0.219 e. The molecule has 0 aliphatic heterocycles. The van der Waals surface area contributed by atoms with Crippen LogP contribution in [0.3, 0.4) is 0 Å². The van der Waals surface area contributed by atoms with Crippen LogP contribution in [0.4, 0.5) is 0 Å². The van der Waals surface area contributed by atoms with Crippen molar-refractivity contribution < 1.29 is 14.2 Å². The van der Waals surface area contributed by atoms with E-state index in [2.05, 4.69) is 20.6 Å². The lowest BCUT2D eigenvalue weighted by atomic mass is 10.1. The molecule has 0 aliphatic carbocycles. The van der Waals surface area contributed by atoms with Gasteiger partial charge in [-0.15, -0.1) is 0 Å². The number of pyridine rings is 1. The summed E-state index contributed by atoms with van der Waals surface area (Å²) in [5.41, 5.74) is 0.716. The Labute approximate surface area is 173 Å². The molecule has 0 aliphatic rings. The Morgan fingerprint density at radius 3 is 2.45 bits per heavy atom. The fraction of sp³-hybridized carbons (Fsp3) is 0.455. The number of aromatic nitrogens is 1. The molecule has 0 atom stereocenters. The number of hydrogen-bond acceptors (Lipinski definition) is 5. The predicted molar refractivity (Wildman–Crippen MR) is 116 cm³/mol. The van der Waals surface area contributed by atoms with E-state index in [1.165, 1.54) is 0 Å². The molecule has 1 aromatic carbocycles. The van der Waals surface area contributed by atoms with E-state index in [0.29, 0.717) is 37.1 Å². The van der Waals surface area contributed by atoms with Crippen molar-refractivity contribution in [1.82, 2.24) is 15.6 Å². The van der Waals surface area contributed by atoms with Crippen LogP contribution in [0.2, 0.25) is 0 Å². The molecule has 7 heteroatoms. The smallest absolute Gasteiger partial charge is 0.219 e. The van der Waals surface area contributed by atoms with Crippen LogP contribution in [0, 0.1) is 0 Å². The van der Waals surface area contributed by atoms with Crippen molar-refractivity contribution in [3.63, 3.8) is 0 Å². The molecule has 2 aromatic rings. The van der Waals surface area contributed by atoms with Gasteiger partial charge in [-0.1, -0.05) is 18.2 Å². The molecule has 0 amide bonds. The Kier molecular flexibility index (Phi) is 8.73. The zero-order chi connectivity index (χ0) is 21.1. The SMILES string of the molecule is CCNC(=NCc1ccc(Oc2ccccc2OCC)nc1)NCC(C)(C)OC. The molecule has 0 fully saturated rings. The Morgan fingerprint density at radius 2 is 1.83 bits per heavy atom. The monoisotopic (exact) mass is 400 g/mol. The summed E-state index contributed by atoms with van der Waals surface area (Å²) in [5.74, 6) is 2.60. The van der Waals surface area contributed by atoms with Gasteiger partial charge in [0.2, 0.25) is 5.88 Å². The van der Waals surface area contributed by atoms with E-state index >= 15 is 0 Å². The average molecular weight is 401 g/mol. The minimum atomic E-state index is -0.269. The predicted octanol–water partition coefficient (Wildman–Crippen LogP) is 3.75. The lowest BCUT2D eigenvalue weighted by Crippen LogP contribution is -2.45. The van der Waals surface area contributed by atoms with E-state index in [-0.39, 0.29) is 5.60 Å². The minimum Gasteiger partial charge on any atom is -0.490 e. The van der Waals surface area contributed by atoms with Crippen LogP contribution in [0.25, 0.3) is 0 Å². The molecule has 0 bridgehead atoms. The fourth-order valence-corrected chi connectivity index (χ4v) is 2.37. The molecule has 2 rings (SSSR count). The number of rotatable bonds is 10. The number of aliphatic imine (C=N–C) groups is 1. The van der Waals surface area contributed by atoms with Gasteiger partial charge in [0, 0.05) is 32.5 Å². The van der Waals surface area contributed by atoms with Crippen molar-refractivity contribution in [2.75, 3.05) is 26.8 Å². The van der Waals surface area contributed by atoms with Gasteiger partial charge in [-0.05, 0) is 45.4 Å². The van der Waals surface area contributed by atoms with Crippen LogP contribution in [-0.2, 0) is 11.3 Å². The topological polar surface area (TPSA) is 77.0 Å². The number of nitrogens with zero attached hydrogens (tertiary/aromatic N) is 2. The van der Waals surface area contributed by atoms with Crippen LogP contribution >= 0.6 is 0 Å². The van der Waals surface area contributed by atoms with E-state index in [9.17, 15) is 0 Å². The lowest BCUT2D eigenvalue weighted by Gasteiger charge is -2.24. The highest BCUT2D eigenvalue weighted by Gasteiger charge is 2.16. The highest BCUT2D eigenvalue weighted by Crippen LogP contribution is 2.30. The van der Waals surface area contributed by atoms with Gasteiger partial charge in [-0.2, -0.15) is 0 Å². The highest BCUT2D eigenvalue weighted by atomic mass is 16.5. The largest absolute Gasteiger partial charge is 0.490 e. The number of para-hydroxylation sites is 2. The molecule has 1 aromatic heterocycles. The second kappa shape index (κ2) is 11.3. The first-order chi connectivity index (χ1) is 14.0. The molecular formula is C22H32N4O3. The molecule has 29 heavy (non-hydrogen) atoms. The van der Waals surface area contributed by atoms with Gasteiger partial charge in [-0.25, -0.2) is 9.98 Å². The number of hydrogen-bond donors (Lipinski definition) is 2. The summed E-state index contributed by atoms with van der Waals surface area (Å²) in [7, 11) is 1.70. The van der Waals surface area contributed by atoms with Crippen LogP contribution in [-0.4, -0.2) is 43.4 Å². The van der Waals surface area contributed by atoms with Crippen molar-refractivity contribution in [2.24, 2.45) is 4.99 Å². The van der Waals surface area contributed by atoms with Crippen LogP contribution in [0.15, 0.2) is 47.6 Å². The second-order valence-corrected chi connectivity index (χ2v) is 7.00. The molecule has 0 saturated carbocycles. The molecule has 0 radical (unpaired) electrons. The van der Waals surface area contributed by atoms with Gasteiger partial charge >= 0.3 is 0 Å². The number of methoxy groups -OCH3 is 1. The van der Waals surface area contributed by atoms with E-state index in [1.807, 2.05) is 64.1 Å². The van der Waals surface area contributed by atoms with Crippen LogP contribution < -0.4 is 20.1 Å². The van der Waals surface area contributed by atoms with E-state index in [0.717, 1.165) is 18.1 Å². The third-order valence-corrected chi connectivity index (χ3v) is 4.16. The van der Waals surface area contributed by atoms with E-state index in [1.54, 1.807) is 13.3 Å². The van der Waals surface area contributed by atoms with Crippen molar-refractivity contribution in [2.45, 2.75) is 39.8 Å². The summed E-state index contributed by atoms with van der Waals surface area (Å²) in [6.45, 7) is 10.5. The summed E-state index contributed by atoms with van der Waals surface area (Å²) in [6, 6.07) is 11.3. The molecule has 0 spiro atoms. The maximum absolute atomic E-state index is 5.86. The third kappa shape index (κ3) is 7.62. The van der Waals surface area contributed by atoms with Crippen molar-refractivity contribution in [3.8, 4) is 17.4 Å². The fourth-order valence-electron chi connectivity index (χ4n) is 2.37. The lowest BCUT2D eigenvalue weighted by molar-refractivity contribution is 0.0268. The van der Waals surface area contributed by atoms with Gasteiger partial charge in [0.25, 0.3) is 0 Å². The summed E-state index contributed by atoms with van der Waals surface area (Å²) < 4.78 is 16.9. The molecule has 2 N–H and O–H groups in total. The quantitative estimate of drug-likeness (QED) is 0.467. The number of benzene rings is 1. The van der Waals surface area contributed by atoms with Gasteiger partial charge in [0.15, 0.2) is 17.5 Å². The maximum atomic E-state index is 5.86. The Balaban J connectivity index is 1.99. The first-order valence-corrected chi connectivity index (χ1v) is 9.89. The van der Waals surface area contributed by atoms with Crippen LogP contribution in [0.5, 0.6) is 17.4 Å². The minimum absolute atomic E-state index is 0.269. The van der Waals surface area contributed by atoms with E-state index in [4.69, 9.17) is 14.2 Å². The molecule has 0 unspecified atom stereocenters. The highest BCUT2D eigenvalue weighted by molar-refractivity contribution is 5.79. The first-order valence-electron chi connectivity index (χ1n) is 9.89. The van der Waals surface area contributed by atoms with Gasteiger partial charge < -0.3 is 24.8 Å².